The molecule has 1 heterocycles. The molecule has 0 atom stereocenters. The highest BCUT2D eigenvalue weighted by Crippen LogP contribution is 2.12. The summed E-state index contributed by atoms with van der Waals surface area (Å²) in [6.07, 6.45) is 7.20. The van der Waals surface area contributed by atoms with E-state index in [0.29, 0.717) is 17.8 Å². The lowest BCUT2D eigenvalue weighted by Crippen LogP contribution is -2.07. The van der Waals surface area contributed by atoms with E-state index < -0.39 is 0 Å². The van der Waals surface area contributed by atoms with Gasteiger partial charge in [0.25, 0.3) is 0 Å². The number of fused-ring (bicyclic) bond motifs is 1. The molecule has 0 amide bonds. The molecule has 3 nitrogen and oxygen atoms in total. The molecule has 0 aliphatic heterocycles. The molecular formula is C8H7ClN2O. The fraction of sp³-hybridized carbons (Fsp3) is 0.125. The van der Waals surface area contributed by atoms with Crippen molar-refractivity contribution in [1.29, 1.82) is 0 Å². The number of Topliss-reactive ketones (excluding diaryl/α,β-unsaturated/α-hetero) is 1. The molecule has 0 fully saturated rings. The molecule has 0 unspecified atom stereocenters. The Labute approximate surface area is 75.9 Å². The molecule has 0 saturated heterocycles. The van der Waals surface area contributed by atoms with Crippen molar-refractivity contribution in [2.45, 2.75) is 6.42 Å². The topological polar surface area (TPSA) is 42.9 Å². The Morgan fingerprint density at radius 3 is 2.75 bits per heavy atom. The highest BCUT2D eigenvalue weighted by atomic mass is 35.5. The van der Waals surface area contributed by atoms with Crippen LogP contribution in [0.4, 0.5) is 0 Å². The van der Waals surface area contributed by atoms with Gasteiger partial charge < -0.3 is 0 Å². The lowest BCUT2D eigenvalue weighted by Gasteiger charge is -2.04. The summed E-state index contributed by atoms with van der Waals surface area (Å²) in [5.74, 6) is 0.0515. The van der Waals surface area contributed by atoms with Gasteiger partial charge in [-0.2, -0.15) is 0 Å². The number of hydrogen-bond donors (Lipinski definition) is 0. The van der Waals surface area contributed by atoms with Gasteiger partial charge in [0.05, 0.1) is 5.69 Å². The first-order valence-electron chi connectivity index (χ1n) is 3.38. The predicted octanol–water partition coefficient (Wildman–Crippen LogP) is 1.50. The van der Waals surface area contributed by atoms with Crippen molar-refractivity contribution in [2.75, 3.05) is 0 Å². The highest BCUT2D eigenvalue weighted by Gasteiger charge is 2.13. The number of halogens is 1. The zero-order valence-corrected chi connectivity index (χ0v) is 7.04. The monoisotopic (exact) mass is 182 g/mol. The van der Waals surface area contributed by atoms with Gasteiger partial charge in [-0.05, 0) is 6.08 Å². The van der Waals surface area contributed by atoms with Crippen LogP contribution in [-0.4, -0.2) is 15.8 Å². The molecule has 2 rings (SSSR count). The first kappa shape index (κ1) is 8.87. The summed E-state index contributed by atoms with van der Waals surface area (Å²) < 4.78 is 0. The number of hydrogen-bond acceptors (Lipinski definition) is 3. The van der Waals surface area contributed by atoms with Crippen molar-refractivity contribution in [2.24, 2.45) is 0 Å². The number of carbonyl (C=O) groups is 1. The van der Waals surface area contributed by atoms with Crippen molar-refractivity contribution < 1.29 is 4.79 Å². The number of carbonyl (C=O) groups excluding carboxylic acids is 1. The van der Waals surface area contributed by atoms with Gasteiger partial charge in [0, 0.05) is 18.8 Å². The predicted molar refractivity (Wildman–Crippen MR) is 47.3 cm³/mol. The lowest BCUT2D eigenvalue weighted by atomic mass is 10.1. The number of ketones is 1. The molecule has 12 heavy (non-hydrogen) atoms. The number of aromatic nitrogens is 2. The van der Waals surface area contributed by atoms with Gasteiger partial charge in [-0.1, -0.05) is 6.08 Å². The van der Waals surface area contributed by atoms with Crippen LogP contribution in [0.3, 0.4) is 0 Å². The van der Waals surface area contributed by atoms with E-state index >= 15 is 0 Å². The maximum Gasteiger partial charge on any atom is 0.187 e. The normalized spacial score (nSPS) is 13.5. The van der Waals surface area contributed by atoms with Gasteiger partial charge in [-0.15, -0.1) is 12.4 Å². The SMILES string of the molecule is Cl.O=C1CC=Cc2nccnc21. The van der Waals surface area contributed by atoms with Crippen molar-refractivity contribution >= 4 is 24.3 Å². The lowest BCUT2D eigenvalue weighted by molar-refractivity contribution is 0.0989. The Kier molecular flexibility index (Phi) is 2.55. The first-order valence-corrected chi connectivity index (χ1v) is 3.38. The van der Waals surface area contributed by atoms with E-state index in [9.17, 15) is 4.79 Å². The van der Waals surface area contributed by atoms with Crippen molar-refractivity contribution in [3.05, 3.63) is 29.9 Å². The van der Waals surface area contributed by atoms with Gasteiger partial charge >= 0.3 is 0 Å². The minimum Gasteiger partial charge on any atom is -0.292 e. The third-order valence-corrected chi connectivity index (χ3v) is 1.57. The van der Waals surface area contributed by atoms with Gasteiger partial charge in [-0.3, -0.25) is 9.78 Å². The second-order valence-corrected chi connectivity index (χ2v) is 2.32. The highest BCUT2D eigenvalue weighted by molar-refractivity contribution is 6.00. The molecule has 4 heteroatoms. The second kappa shape index (κ2) is 3.45. The molecule has 1 aromatic heterocycles. The van der Waals surface area contributed by atoms with E-state index in [0.717, 1.165) is 0 Å². The summed E-state index contributed by atoms with van der Waals surface area (Å²) in [5, 5.41) is 0. The van der Waals surface area contributed by atoms with Crippen LogP contribution in [0, 0.1) is 0 Å². The fourth-order valence-electron chi connectivity index (χ4n) is 1.06. The average molecular weight is 183 g/mol. The van der Waals surface area contributed by atoms with Gasteiger partial charge in [0.2, 0.25) is 0 Å². The Bertz CT molecular complexity index is 336. The van der Waals surface area contributed by atoms with Crippen molar-refractivity contribution in [3.8, 4) is 0 Å². The van der Waals surface area contributed by atoms with Gasteiger partial charge in [0.15, 0.2) is 5.78 Å². The van der Waals surface area contributed by atoms with E-state index in [1.165, 1.54) is 6.20 Å². The quantitative estimate of drug-likeness (QED) is 0.611. The minimum absolute atomic E-state index is 0. The Morgan fingerprint density at radius 1 is 1.25 bits per heavy atom. The van der Waals surface area contributed by atoms with Crippen LogP contribution >= 0.6 is 12.4 Å². The van der Waals surface area contributed by atoms with E-state index in [4.69, 9.17) is 0 Å². The van der Waals surface area contributed by atoms with Crippen LogP contribution in [0.2, 0.25) is 0 Å². The van der Waals surface area contributed by atoms with Crippen LogP contribution in [0.1, 0.15) is 22.6 Å². The van der Waals surface area contributed by atoms with Crippen molar-refractivity contribution in [1.82, 2.24) is 9.97 Å². The third-order valence-electron chi connectivity index (χ3n) is 1.57. The maximum absolute atomic E-state index is 11.1. The van der Waals surface area contributed by atoms with Crippen molar-refractivity contribution in [3.63, 3.8) is 0 Å². The molecule has 0 radical (unpaired) electrons. The third kappa shape index (κ3) is 1.36. The number of allylic oxidation sites excluding steroid dienone is 1. The molecule has 62 valence electrons. The Morgan fingerprint density at radius 2 is 2.00 bits per heavy atom. The number of nitrogens with zero attached hydrogens (tertiary/aromatic N) is 2. The summed E-state index contributed by atoms with van der Waals surface area (Å²) in [6.45, 7) is 0. The second-order valence-electron chi connectivity index (χ2n) is 2.32. The van der Waals surface area contributed by atoms with E-state index in [-0.39, 0.29) is 18.2 Å². The largest absolute Gasteiger partial charge is 0.292 e. The Hall–Kier alpha value is -1.22. The molecule has 0 N–H and O–H groups in total. The molecule has 1 aliphatic rings. The van der Waals surface area contributed by atoms with E-state index in [1.807, 2.05) is 6.08 Å². The first-order chi connectivity index (χ1) is 5.38. The summed E-state index contributed by atoms with van der Waals surface area (Å²) >= 11 is 0. The standard InChI is InChI=1S/C8H6N2O.ClH/c11-7-3-1-2-6-8(7)10-5-4-9-6;/h1-2,4-5H,3H2;1H. The summed E-state index contributed by atoms with van der Waals surface area (Å²) in [7, 11) is 0. The summed E-state index contributed by atoms with van der Waals surface area (Å²) in [4.78, 5) is 19.1. The van der Waals surface area contributed by atoms with Crippen LogP contribution in [0.25, 0.3) is 6.08 Å². The summed E-state index contributed by atoms with van der Waals surface area (Å²) in [6, 6.07) is 0. The maximum atomic E-state index is 11.1. The zero-order chi connectivity index (χ0) is 7.68. The minimum atomic E-state index is 0. The summed E-state index contributed by atoms with van der Waals surface area (Å²) in [5.41, 5.74) is 1.18. The zero-order valence-electron chi connectivity index (χ0n) is 6.23. The number of rotatable bonds is 0. The smallest absolute Gasteiger partial charge is 0.187 e. The molecule has 0 spiro atoms. The average Bonchev–Trinajstić information content (AvgIpc) is 2.06. The van der Waals surface area contributed by atoms with Crippen LogP contribution in [0.15, 0.2) is 18.5 Å². The Balaban J connectivity index is 0.000000720. The van der Waals surface area contributed by atoms with Crippen LogP contribution in [0.5, 0.6) is 0 Å². The fourth-order valence-corrected chi connectivity index (χ4v) is 1.06. The molecule has 0 saturated carbocycles. The van der Waals surface area contributed by atoms with Crippen LogP contribution < -0.4 is 0 Å². The van der Waals surface area contributed by atoms with Gasteiger partial charge in [-0.25, -0.2) is 4.98 Å². The molecule has 1 aliphatic carbocycles. The molecule has 0 aromatic carbocycles. The molecule has 0 bridgehead atoms. The van der Waals surface area contributed by atoms with Gasteiger partial charge in [0.1, 0.15) is 5.69 Å². The molecular weight excluding hydrogens is 176 g/mol. The molecule has 1 aromatic rings. The van der Waals surface area contributed by atoms with Crippen LogP contribution in [-0.2, 0) is 0 Å². The van der Waals surface area contributed by atoms with E-state index in [1.54, 1.807) is 12.3 Å². The van der Waals surface area contributed by atoms with E-state index in [2.05, 4.69) is 9.97 Å².